The first-order valence-electron chi connectivity index (χ1n) is 10.1. The summed E-state index contributed by atoms with van der Waals surface area (Å²) in [6.07, 6.45) is -3.21. The van der Waals surface area contributed by atoms with E-state index in [9.17, 15) is 20.4 Å². The van der Waals surface area contributed by atoms with Crippen molar-refractivity contribution in [2.45, 2.75) is 50.4 Å². The second kappa shape index (κ2) is 8.67. The van der Waals surface area contributed by atoms with Crippen LogP contribution in [0.5, 0.6) is 0 Å². The van der Waals surface area contributed by atoms with Gasteiger partial charge < -0.3 is 29.7 Å². The van der Waals surface area contributed by atoms with Crippen LogP contribution in [0.1, 0.15) is 29.7 Å². The molecular formula is C23H26ClNO5. The molecule has 0 radical (unpaired) electrons. The number of ether oxygens (including phenoxy) is 1. The Kier molecular flexibility index (Phi) is 6.16. The molecule has 5 atom stereocenters. The van der Waals surface area contributed by atoms with E-state index in [0.29, 0.717) is 17.1 Å². The summed E-state index contributed by atoms with van der Waals surface area (Å²) in [6.45, 7) is 2.22. The number of hydrogen-bond donors (Lipinski definition) is 4. The lowest BCUT2D eigenvalue weighted by Crippen LogP contribution is -2.55. The predicted molar refractivity (Wildman–Crippen MR) is 115 cm³/mol. The molecule has 2 aromatic carbocycles. The van der Waals surface area contributed by atoms with Crippen LogP contribution in [-0.2, 0) is 17.7 Å². The van der Waals surface area contributed by atoms with Gasteiger partial charge in [-0.25, -0.2) is 0 Å². The summed E-state index contributed by atoms with van der Waals surface area (Å²) in [7, 11) is 0. The van der Waals surface area contributed by atoms with Crippen LogP contribution in [0, 0.1) is 0 Å². The highest BCUT2D eigenvalue weighted by molar-refractivity contribution is 6.35. The molecule has 160 valence electrons. The van der Waals surface area contributed by atoms with Crippen LogP contribution in [0.15, 0.2) is 48.7 Å². The molecule has 0 spiro atoms. The summed E-state index contributed by atoms with van der Waals surface area (Å²) in [5.74, 6) is 0. The predicted octanol–water partition coefficient (Wildman–Crippen LogP) is 2.42. The van der Waals surface area contributed by atoms with E-state index >= 15 is 0 Å². The monoisotopic (exact) mass is 431 g/mol. The molecule has 1 fully saturated rings. The number of aromatic nitrogens is 1. The Morgan fingerprint density at radius 1 is 0.967 bits per heavy atom. The minimum Gasteiger partial charge on any atom is -0.394 e. The van der Waals surface area contributed by atoms with Gasteiger partial charge in [-0.1, -0.05) is 54.9 Å². The maximum absolute atomic E-state index is 10.6. The standard InChI is InChI=1S/C23H26ClNO5/c1-2-13-6-8-14(9-7-13)10-25-11-16(15-4-3-5-17(24)19(15)25)23-22(29)21(28)20(27)18(12-26)30-23/h3-9,11,18,20-23,26-29H,2,10,12H2,1H3/t18-,20-,21+,22-,23+/m1/s1. The molecule has 1 aliphatic rings. The molecule has 1 saturated heterocycles. The van der Waals surface area contributed by atoms with Crippen molar-refractivity contribution >= 4 is 22.5 Å². The molecule has 0 bridgehead atoms. The smallest absolute Gasteiger partial charge is 0.114 e. The first-order chi connectivity index (χ1) is 14.4. The number of aliphatic hydroxyl groups excluding tert-OH is 4. The summed E-state index contributed by atoms with van der Waals surface area (Å²) in [6, 6.07) is 13.9. The quantitative estimate of drug-likeness (QED) is 0.497. The minimum absolute atomic E-state index is 0.468. The maximum atomic E-state index is 10.6. The van der Waals surface area contributed by atoms with E-state index < -0.39 is 37.1 Å². The zero-order chi connectivity index (χ0) is 21.4. The Morgan fingerprint density at radius 2 is 1.67 bits per heavy atom. The van der Waals surface area contributed by atoms with E-state index in [1.54, 1.807) is 6.07 Å². The fraction of sp³-hybridized carbons (Fsp3) is 0.391. The van der Waals surface area contributed by atoms with Crippen molar-refractivity contribution in [3.8, 4) is 0 Å². The summed E-state index contributed by atoms with van der Waals surface area (Å²) in [4.78, 5) is 0. The number of benzene rings is 2. The molecule has 0 unspecified atom stereocenters. The lowest BCUT2D eigenvalue weighted by Gasteiger charge is -2.40. The Hall–Kier alpha value is -1.93. The number of rotatable bonds is 5. The Labute approximate surface area is 179 Å². The maximum Gasteiger partial charge on any atom is 0.114 e. The molecule has 4 rings (SSSR count). The number of hydrogen-bond acceptors (Lipinski definition) is 5. The first kappa shape index (κ1) is 21.3. The van der Waals surface area contributed by atoms with Crippen LogP contribution in [-0.4, -0.2) is 56.0 Å². The Morgan fingerprint density at radius 3 is 2.33 bits per heavy atom. The molecule has 2 heterocycles. The summed E-state index contributed by atoms with van der Waals surface area (Å²) in [5.41, 5.74) is 3.81. The van der Waals surface area contributed by atoms with Gasteiger partial charge in [0.2, 0.25) is 0 Å². The first-order valence-corrected chi connectivity index (χ1v) is 10.5. The van der Waals surface area contributed by atoms with Crippen LogP contribution in [0.25, 0.3) is 10.9 Å². The fourth-order valence-electron chi connectivity index (χ4n) is 4.13. The van der Waals surface area contributed by atoms with E-state index in [4.69, 9.17) is 16.3 Å². The second-order valence-corrected chi connectivity index (χ2v) is 8.18. The van der Waals surface area contributed by atoms with Crippen LogP contribution < -0.4 is 0 Å². The molecule has 6 nitrogen and oxygen atoms in total. The summed E-state index contributed by atoms with van der Waals surface area (Å²) >= 11 is 6.52. The molecule has 1 aliphatic heterocycles. The summed E-state index contributed by atoms with van der Waals surface area (Å²) < 4.78 is 7.79. The van der Waals surface area contributed by atoms with Gasteiger partial charge in [-0.2, -0.15) is 0 Å². The zero-order valence-electron chi connectivity index (χ0n) is 16.6. The molecule has 30 heavy (non-hydrogen) atoms. The average molecular weight is 432 g/mol. The van der Waals surface area contributed by atoms with Crippen molar-refractivity contribution in [1.82, 2.24) is 4.57 Å². The molecular weight excluding hydrogens is 406 g/mol. The normalized spacial score (nSPS) is 26.9. The molecule has 3 aromatic rings. The fourth-order valence-corrected chi connectivity index (χ4v) is 4.41. The van der Waals surface area contributed by atoms with E-state index in [2.05, 4.69) is 31.2 Å². The van der Waals surface area contributed by atoms with Crippen LogP contribution in [0.3, 0.4) is 0 Å². The van der Waals surface area contributed by atoms with Crippen molar-refractivity contribution < 1.29 is 25.2 Å². The van der Waals surface area contributed by atoms with Gasteiger partial charge in [-0.05, 0) is 23.6 Å². The molecule has 0 aliphatic carbocycles. The van der Waals surface area contributed by atoms with Crippen molar-refractivity contribution in [2.75, 3.05) is 6.61 Å². The highest BCUT2D eigenvalue weighted by Gasteiger charge is 2.44. The lowest BCUT2D eigenvalue weighted by molar-refractivity contribution is -0.231. The number of aliphatic hydroxyl groups is 4. The van der Waals surface area contributed by atoms with E-state index in [0.717, 1.165) is 22.9 Å². The van der Waals surface area contributed by atoms with E-state index in [1.807, 2.05) is 22.9 Å². The van der Waals surface area contributed by atoms with Gasteiger partial charge >= 0.3 is 0 Å². The largest absolute Gasteiger partial charge is 0.394 e. The Bertz CT molecular complexity index is 1020. The number of para-hydroxylation sites is 1. The number of nitrogens with zero attached hydrogens (tertiary/aromatic N) is 1. The topological polar surface area (TPSA) is 95.1 Å². The number of halogens is 1. The third kappa shape index (κ3) is 3.75. The third-order valence-electron chi connectivity index (χ3n) is 5.86. The van der Waals surface area contributed by atoms with Crippen molar-refractivity contribution in [2.24, 2.45) is 0 Å². The van der Waals surface area contributed by atoms with Gasteiger partial charge in [0.05, 0.1) is 17.1 Å². The SMILES string of the molecule is CCc1ccc(Cn2cc([C@@H]3O[C@H](CO)[C@@H](O)[C@H](O)[C@H]3O)c3cccc(Cl)c32)cc1. The van der Waals surface area contributed by atoms with Gasteiger partial charge in [0.1, 0.15) is 30.5 Å². The average Bonchev–Trinajstić information content (AvgIpc) is 3.12. The Balaban J connectivity index is 1.76. The van der Waals surface area contributed by atoms with Gasteiger partial charge in [0.25, 0.3) is 0 Å². The molecule has 1 aromatic heterocycles. The van der Waals surface area contributed by atoms with Crippen molar-refractivity contribution in [1.29, 1.82) is 0 Å². The van der Waals surface area contributed by atoms with Crippen LogP contribution >= 0.6 is 11.6 Å². The molecule has 4 N–H and O–H groups in total. The molecule has 0 amide bonds. The zero-order valence-corrected chi connectivity index (χ0v) is 17.4. The second-order valence-electron chi connectivity index (χ2n) is 7.77. The van der Waals surface area contributed by atoms with Crippen molar-refractivity contribution in [3.63, 3.8) is 0 Å². The molecule has 0 saturated carbocycles. The lowest BCUT2D eigenvalue weighted by atomic mass is 9.91. The van der Waals surface area contributed by atoms with Gasteiger partial charge in [-0.3, -0.25) is 0 Å². The summed E-state index contributed by atoms with van der Waals surface area (Å²) in [5, 5.41) is 41.8. The van der Waals surface area contributed by atoms with Crippen LogP contribution in [0.4, 0.5) is 0 Å². The number of fused-ring (bicyclic) bond motifs is 1. The van der Waals surface area contributed by atoms with Gasteiger partial charge in [-0.15, -0.1) is 0 Å². The minimum atomic E-state index is -1.43. The van der Waals surface area contributed by atoms with E-state index in [1.165, 1.54) is 5.56 Å². The van der Waals surface area contributed by atoms with Crippen LogP contribution in [0.2, 0.25) is 5.02 Å². The van der Waals surface area contributed by atoms with E-state index in [-0.39, 0.29) is 0 Å². The van der Waals surface area contributed by atoms with Crippen molar-refractivity contribution in [3.05, 3.63) is 70.4 Å². The highest BCUT2D eigenvalue weighted by atomic mass is 35.5. The van der Waals surface area contributed by atoms with Gasteiger partial charge in [0.15, 0.2) is 0 Å². The number of aryl methyl sites for hydroxylation is 1. The third-order valence-corrected chi connectivity index (χ3v) is 6.17. The van der Waals surface area contributed by atoms with Gasteiger partial charge in [0, 0.05) is 23.7 Å². The molecule has 7 heteroatoms. The highest BCUT2D eigenvalue weighted by Crippen LogP contribution is 2.39.